The lowest BCUT2D eigenvalue weighted by Gasteiger charge is -2.21. The number of anilines is 1. The lowest BCUT2D eigenvalue weighted by molar-refractivity contribution is -0.123. The highest BCUT2D eigenvalue weighted by molar-refractivity contribution is 8.87. The third kappa shape index (κ3) is 98.6. The van der Waals surface area contributed by atoms with Crippen molar-refractivity contribution in [1.29, 1.82) is 0 Å². The Labute approximate surface area is 973 Å². The van der Waals surface area contributed by atoms with Gasteiger partial charge in [0.1, 0.15) is 0 Å². The average molecular weight is 3450 g/mol. The largest absolute Gasteiger partial charge is 0.325 e. The van der Waals surface area contributed by atoms with Gasteiger partial charge in [-0.3, -0.25) is 9.59 Å². The predicted octanol–water partition coefficient (Wildman–Crippen LogP) is 3.61. The zero-order valence-electron chi connectivity index (χ0n) is 52.7. The molecule has 2 unspecified atom stereocenters. The maximum atomic E-state index is 12.1. The zero-order valence-corrected chi connectivity index (χ0v) is 134. The van der Waals surface area contributed by atoms with E-state index in [4.69, 9.17) is 22.4 Å². The molecule has 3 nitrogen and oxygen atoms in total. The molecule has 1 fully saturated rings. The Balaban J connectivity index is 0.00000205. The summed E-state index contributed by atoms with van der Waals surface area (Å²) in [7, 11) is 176. The molecule has 0 heterocycles. The number of benzene rings is 1. The second-order valence-corrected chi connectivity index (χ2v) is 185. The Bertz CT molecular complexity index is 8580. The van der Waals surface area contributed by atoms with Crippen molar-refractivity contribution in [2.75, 3.05) is 5.32 Å². The molecular weight excluding hydrogens is 3420 g/mol. The van der Waals surface area contributed by atoms with E-state index >= 15 is 0 Å². The third-order valence-electron chi connectivity index (χ3n) is 7.29. The Hall–Kier alpha value is 20.1. The van der Waals surface area contributed by atoms with E-state index in [2.05, 4.69) is 5.32 Å². The summed E-state index contributed by atoms with van der Waals surface area (Å²) in [5, 5.41) is 2.92. The van der Waals surface area contributed by atoms with Crippen molar-refractivity contribution in [1.82, 2.24) is 0 Å². The SMILES string of the molecule is CC(C)(C)C(=O)Nc1cc2c(cc1C=O)C1CCC2C1.S=S=S=S=S=S=S=S=S=S=S=S=S=S=S=S=S=S=S=S=S=S=S=S=S=S=S=S=S=S=S=S=S=S=S=S=S=S=S=S=S=S=S=S=S=S=S=S=S=S=S=S=S=S=S=S=S=S=S=S=S=S=S=S=S=S=S=S=S=S=S=S=S=S=S=S=S=S=S=S=S=S=S=S=S=S=S=S=S=S=S=S=S=S=S=S=S=S=S. The Morgan fingerprint density at radius 3 is 0.487 bits per heavy atom. The first-order valence-corrected chi connectivity index (χ1v) is 154. The van der Waals surface area contributed by atoms with Crippen LogP contribution < -0.4 is 5.32 Å². The van der Waals surface area contributed by atoms with E-state index in [-0.39, 0.29) is 5.91 Å². The summed E-state index contributed by atoms with van der Waals surface area (Å²) in [4.78, 5) is 23.4. The molecule has 3 rings (SSSR count). The lowest BCUT2D eigenvalue weighted by Crippen LogP contribution is -2.28. The molecule has 102 heteroatoms. The van der Waals surface area contributed by atoms with Crippen molar-refractivity contribution in [3.05, 3.63) is 28.8 Å². The summed E-state index contributed by atoms with van der Waals surface area (Å²) in [6.07, 6.45) is 4.54. The fourth-order valence-corrected chi connectivity index (χ4v) is 265. The van der Waals surface area contributed by atoms with Gasteiger partial charge in [0.25, 0.3) is 0 Å². The zero-order chi connectivity index (χ0) is 85.1. The van der Waals surface area contributed by atoms with Gasteiger partial charge in [-0.25, -0.2) is 0 Å². The second-order valence-electron chi connectivity index (χ2n) is 13.7. The van der Waals surface area contributed by atoms with Crippen LogP contribution in [0.4, 0.5) is 5.69 Å². The molecule has 2 aliphatic carbocycles. The smallest absolute Gasteiger partial charge is 0.229 e. The lowest BCUT2D eigenvalue weighted by atomic mass is 9.89. The summed E-state index contributed by atoms with van der Waals surface area (Å²) in [6.45, 7) is 5.62. The third-order valence-corrected chi connectivity index (χ3v) is 221. The molecule has 1 aromatic carbocycles. The minimum atomic E-state index is -0.460. The van der Waals surface area contributed by atoms with Gasteiger partial charge in [0.2, 0.25) is 5.91 Å². The molecule has 2 atom stereocenters. The molecular formula is C17H21NO2S99. The van der Waals surface area contributed by atoms with Crippen LogP contribution in [0.25, 0.3) is 0 Å². The average Bonchev–Trinajstić information content (AvgIpc) is 1.61. The highest BCUT2D eigenvalue weighted by Gasteiger charge is 2.37. The Kier molecular flexibility index (Phi) is 129. The van der Waals surface area contributed by atoms with Gasteiger partial charge in [-0.15, -0.1) is 0 Å². The molecule has 1 amide bonds. The first-order chi connectivity index (χ1) is 58.8. The number of fused-ring (bicyclic) bond motifs is 5. The molecule has 0 spiro atoms. The van der Waals surface area contributed by atoms with Crippen LogP contribution in [-0.4, -0.2) is 12.2 Å². The summed E-state index contributed by atoms with van der Waals surface area (Å²) in [5.41, 5.74) is 3.49. The first-order valence-electron chi connectivity index (χ1n) is 23.7. The van der Waals surface area contributed by atoms with E-state index in [1.54, 1.807) is 107 Å². The van der Waals surface area contributed by atoms with Crippen molar-refractivity contribution in [2.45, 2.75) is 51.9 Å². The molecule has 1 saturated carbocycles. The molecule has 119 heavy (non-hydrogen) atoms. The highest BCUT2D eigenvalue weighted by atomic mass is 33.6. The summed E-state index contributed by atoms with van der Waals surface area (Å²) in [5.74, 6) is 1.20. The molecule has 0 aliphatic heterocycles. The van der Waals surface area contributed by atoms with Crippen molar-refractivity contribution >= 4 is 902 Å². The highest BCUT2D eigenvalue weighted by Crippen LogP contribution is 2.54. The number of hydrogen-bond donors (Lipinski definition) is 1. The van der Waals surface area contributed by atoms with Crippen LogP contribution in [-0.2, 0) is 889 Å². The number of nitrogens with one attached hydrogen (secondary N) is 1. The van der Waals surface area contributed by atoms with Crippen LogP contribution in [0.2, 0.25) is 0 Å². The molecule has 1 aromatic rings. The number of hydrogen-bond acceptors (Lipinski definition) is 4. The number of aldehydes is 1. The fraction of sp³-hybridized carbons (Fsp3) is 0.529. The molecule has 0 saturated heterocycles. The number of amides is 1. The number of rotatable bonds is 2. The van der Waals surface area contributed by atoms with Crippen LogP contribution in [0.1, 0.15) is 73.4 Å². The van der Waals surface area contributed by atoms with Crippen molar-refractivity contribution in [3.63, 3.8) is 0 Å². The second kappa shape index (κ2) is 114. The molecule has 700 valence electrons. The topological polar surface area (TPSA) is 46.2 Å². The summed E-state index contributed by atoms with van der Waals surface area (Å²) in [6, 6.07) is 4.02. The predicted molar refractivity (Wildman–Crippen MR) is 808 cm³/mol. The molecule has 0 aromatic heterocycles. The first kappa shape index (κ1) is 135. The van der Waals surface area contributed by atoms with E-state index in [1.807, 2.05) is 770 Å². The van der Waals surface area contributed by atoms with Crippen molar-refractivity contribution in [2.24, 2.45) is 5.41 Å². The van der Waals surface area contributed by atoms with Gasteiger partial charge in [-0.1, -0.05) is 20.8 Å². The molecule has 0 radical (unpaired) electrons. The Morgan fingerprint density at radius 2 is 0.370 bits per heavy atom. The van der Waals surface area contributed by atoms with Gasteiger partial charge >= 0.3 is 0 Å². The number of carbonyl (C=O) groups is 2. The van der Waals surface area contributed by atoms with Crippen LogP contribution in [0, 0.1) is 5.41 Å². The normalized spacial score (nSPS) is 10.5. The standard InChI is InChI=1S/C17H21NO2.S99/c1-17(2,3)16(20)18-15-8-14-11-5-4-10(6-11)13(14)7-12(15)9-19;1-3-5-7-9-11-13-15-17-19-21-23-25-27-29-31-33-35-37-39-41-43-45-47-49-51-53-55-57-59-61-63-65-67-69-71-73-75-77-79-81-83-85-87-89-91-93-95-97-99-98-96-94-92-90-88-86-84-82-80-78-76-74-72-70-68-66-64-62-60-58-56-54-52-50-48-46-44-42-40-38-36-34-32-30-28-26-24-22-20-18-16-14-12-10-8-6-4-2/h7-11H,4-6H2,1-3H3,(H,18,20);. The van der Waals surface area contributed by atoms with Crippen LogP contribution >= 0.6 is 0 Å². The van der Waals surface area contributed by atoms with Gasteiger partial charge in [-0.05, 0) is 54.4 Å². The van der Waals surface area contributed by atoms with Crippen molar-refractivity contribution in [3.8, 4) is 0 Å². The van der Waals surface area contributed by atoms with Crippen LogP contribution in [0.15, 0.2) is 12.1 Å². The minimum absolute atomic E-state index is 0.0521. The van der Waals surface area contributed by atoms with Gasteiger partial charge in [0.15, 0.2) is 6.29 Å². The van der Waals surface area contributed by atoms with E-state index in [0.717, 1.165) is 6.29 Å². The molecule has 2 aliphatic rings. The summed E-state index contributed by atoms with van der Waals surface area (Å²) < 4.78 is 0. The van der Waals surface area contributed by atoms with Crippen LogP contribution in [0.5, 0.6) is 0 Å². The van der Waals surface area contributed by atoms with E-state index in [0.29, 0.717) is 23.1 Å². The van der Waals surface area contributed by atoms with E-state index in [9.17, 15) is 9.59 Å². The van der Waals surface area contributed by atoms with Gasteiger partial charge in [0.05, 0.1) is 5.69 Å². The summed E-state index contributed by atoms with van der Waals surface area (Å²) >= 11 is 9.66. The molecule has 2 bridgehead atoms. The number of carbonyl (C=O) groups excluding carboxylic acids is 2. The quantitative estimate of drug-likeness (QED) is 0.461. The van der Waals surface area contributed by atoms with E-state index < -0.39 is 5.41 Å². The minimum Gasteiger partial charge on any atom is -0.325 e. The van der Waals surface area contributed by atoms with Crippen molar-refractivity contribution < 1.29 is 9.59 Å². The van der Waals surface area contributed by atoms with Gasteiger partial charge < -0.3 is 5.32 Å². The monoisotopic (exact) mass is 3440 g/mol. The Morgan fingerprint density at radius 1 is 0.244 bits per heavy atom. The fourth-order valence-electron chi connectivity index (χ4n) is 4.50. The molecule has 1 N–H and O–H groups in total. The van der Waals surface area contributed by atoms with Gasteiger partial charge in [0, 0.05) is 895 Å². The maximum absolute atomic E-state index is 12.1. The van der Waals surface area contributed by atoms with E-state index in [1.165, 1.54) is 48.2 Å². The maximum Gasteiger partial charge on any atom is 0.229 e. The van der Waals surface area contributed by atoms with Crippen LogP contribution in [0.3, 0.4) is 0 Å². The van der Waals surface area contributed by atoms with Gasteiger partial charge in [-0.2, -0.15) is 0 Å².